The summed E-state index contributed by atoms with van der Waals surface area (Å²) in [6.07, 6.45) is 0.0322. The molecule has 0 unspecified atom stereocenters. The van der Waals surface area contributed by atoms with Crippen molar-refractivity contribution in [1.82, 2.24) is 0 Å². The van der Waals surface area contributed by atoms with Crippen molar-refractivity contribution in [2.75, 3.05) is 7.11 Å². The monoisotopic (exact) mass is 240 g/mol. The number of carboxylic acids is 1. The molecule has 0 aliphatic heterocycles. The molecule has 0 aliphatic rings. The molecule has 0 fully saturated rings. The Hall–Kier alpha value is -1.03. The van der Waals surface area contributed by atoms with Gasteiger partial charge < -0.3 is 9.84 Å². The van der Waals surface area contributed by atoms with Crippen molar-refractivity contribution in [1.29, 1.82) is 0 Å². The first-order valence-electron chi connectivity index (χ1n) is 4.98. The van der Waals surface area contributed by atoms with E-state index in [1.54, 1.807) is 7.11 Å². The molecule has 0 bridgehead atoms. The predicted octanol–water partition coefficient (Wildman–Crippen LogP) is 1.83. The van der Waals surface area contributed by atoms with E-state index in [-0.39, 0.29) is 36.0 Å². The molecule has 0 radical (unpaired) electrons. The van der Waals surface area contributed by atoms with Gasteiger partial charge in [-0.2, -0.15) is 0 Å². The van der Waals surface area contributed by atoms with Crippen molar-refractivity contribution in [3.63, 3.8) is 0 Å². The quantitative estimate of drug-likeness (QED) is 0.832. The molecule has 3 nitrogen and oxygen atoms in total. The SMILES string of the molecule is COc1ccc2cccc(CC(=O)O)c2c1.[NaH]. The van der Waals surface area contributed by atoms with Crippen LogP contribution in [0.5, 0.6) is 5.75 Å². The van der Waals surface area contributed by atoms with Gasteiger partial charge in [-0.3, -0.25) is 4.79 Å². The molecule has 1 N–H and O–H groups in total. The predicted molar refractivity (Wildman–Crippen MR) is 69.0 cm³/mol. The fourth-order valence-corrected chi connectivity index (χ4v) is 1.76. The van der Waals surface area contributed by atoms with Crippen LogP contribution < -0.4 is 4.74 Å². The van der Waals surface area contributed by atoms with Crippen LogP contribution in [-0.2, 0) is 11.2 Å². The van der Waals surface area contributed by atoms with Crippen LogP contribution in [0, 0.1) is 0 Å². The Bertz CT molecular complexity index is 537. The second kappa shape index (κ2) is 6.05. The number of carbonyl (C=O) groups is 1. The number of benzene rings is 2. The third kappa shape index (κ3) is 3.22. The summed E-state index contributed by atoms with van der Waals surface area (Å²) in [5.74, 6) is -0.0827. The molecule has 2 aromatic rings. The summed E-state index contributed by atoms with van der Waals surface area (Å²) in [4.78, 5) is 10.7. The summed E-state index contributed by atoms with van der Waals surface area (Å²) in [5, 5.41) is 10.8. The second-order valence-electron chi connectivity index (χ2n) is 3.57. The topological polar surface area (TPSA) is 46.5 Å². The van der Waals surface area contributed by atoms with Gasteiger partial charge in [0.15, 0.2) is 0 Å². The molecular formula is C13H13NaO3. The first-order valence-corrected chi connectivity index (χ1v) is 4.98. The zero-order valence-electron chi connectivity index (χ0n) is 8.93. The molecule has 2 aromatic carbocycles. The third-order valence-corrected chi connectivity index (χ3v) is 2.52. The summed E-state index contributed by atoms with van der Waals surface area (Å²) in [7, 11) is 1.60. The minimum atomic E-state index is -0.824. The van der Waals surface area contributed by atoms with Crippen LogP contribution >= 0.6 is 0 Å². The Balaban J connectivity index is 0.00000144. The number of rotatable bonds is 3. The molecule has 0 aromatic heterocycles. The van der Waals surface area contributed by atoms with Crippen molar-refractivity contribution in [3.8, 4) is 5.75 Å². The second-order valence-corrected chi connectivity index (χ2v) is 3.57. The Morgan fingerprint density at radius 1 is 1.29 bits per heavy atom. The summed E-state index contributed by atoms with van der Waals surface area (Å²) in [6.45, 7) is 0. The molecule has 0 saturated carbocycles. The zero-order valence-corrected chi connectivity index (χ0v) is 8.93. The number of hydrogen-bond donors (Lipinski definition) is 1. The van der Waals surface area contributed by atoms with Crippen molar-refractivity contribution < 1.29 is 14.6 Å². The van der Waals surface area contributed by atoms with E-state index in [1.807, 2.05) is 36.4 Å². The van der Waals surface area contributed by atoms with Crippen molar-refractivity contribution >= 4 is 46.3 Å². The van der Waals surface area contributed by atoms with Crippen LogP contribution in [0.3, 0.4) is 0 Å². The molecule has 2 rings (SSSR count). The standard InChI is InChI=1S/C13H12O3.Na.H/c1-16-11-6-5-9-3-2-4-10(7-13(14)15)12(9)8-11;;/h2-6,8H,7H2,1H3,(H,14,15);;. The molecule has 17 heavy (non-hydrogen) atoms. The summed E-state index contributed by atoms with van der Waals surface area (Å²) in [5.41, 5.74) is 0.809. The molecule has 0 heterocycles. The number of aliphatic carboxylic acids is 1. The van der Waals surface area contributed by atoms with Crippen LogP contribution in [0.2, 0.25) is 0 Å². The number of fused-ring (bicyclic) bond motifs is 1. The van der Waals surface area contributed by atoms with E-state index in [9.17, 15) is 4.79 Å². The molecule has 0 saturated heterocycles. The first kappa shape index (κ1) is 14.0. The van der Waals surface area contributed by atoms with Gasteiger partial charge in [0.05, 0.1) is 13.5 Å². The molecule has 84 valence electrons. The fourth-order valence-electron chi connectivity index (χ4n) is 1.76. The molecular weight excluding hydrogens is 227 g/mol. The number of hydrogen-bond acceptors (Lipinski definition) is 2. The van der Waals surface area contributed by atoms with E-state index in [0.717, 1.165) is 22.1 Å². The van der Waals surface area contributed by atoms with Gasteiger partial charge in [-0.15, -0.1) is 0 Å². The van der Waals surface area contributed by atoms with E-state index in [0.29, 0.717) is 0 Å². The van der Waals surface area contributed by atoms with Crippen LogP contribution in [0.25, 0.3) is 10.8 Å². The van der Waals surface area contributed by atoms with Gasteiger partial charge in [-0.05, 0) is 28.5 Å². The minimum absolute atomic E-state index is 0. The average Bonchev–Trinajstić information content (AvgIpc) is 2.28. The Morgan fingerprint density at radius 2 is 2.06 bits per heavy atom. The van der Waals surface area contributed by atoms with Gasteiger partial charge in [0.25, 0.3) is 0 Å². The van der Waals surface area contributed by atoms with Crippen molar-refractivity contribution in [2.45, 2.75) is 6.42 Å². The van der Waals surface area contributed by atoms with E-state index in [4.69, 9.17) is 9.84 Å². The van der Waals surface area contributed by atoms with E-state index >= 15 is 0 Å². The van der Waals surface area contributed by atoms with E-state index in [2.05, 4.69) is 0 Å². The summed E-state index contributed by atoms with van der Waals surface area (Å²) >= 11 is 0. The van der Waals surface area contributed by atoms with Crippen LogP contribution in [0.15, 0.2) is 36.4 Å². The fraction of sp³-hybridized carbons (Fsp3) is 0.154. The zero-order chi connectivity index (χ0) is 11.5. The third-order valence-electron chi connectivity index (χ3n) is 2.52. The Kier molecular flexibility index (Phi) is 5.00. The number of methoxy groups -OCH3 is 1. The van der Waals surface area contributed by atoms with Gasteiger partial charge in [0.2, 0.25) is 0 Å². The first-order chi connectivity index (χ1) is 7.70. The van der Waals surface area contributed by atoms with Crippen molar-refractivity contribution in [2.24, 2.45) is 0 Å². The molecule has 0 amide bonds. The Labute approximate surface area is 122 Å². The van der Waals surface area contributed by atoms with Gasteiger partial charge >= 0.3 is 35.5 Å². The normalized spacial score (nSPS) is 9.71. The maximum atomic E-state index is 10.7. The van der Waals surface area contributed by atoms with Gasteiger partial charge in [0, 0.05) is 0 Å². The number of ether oxygens (including phenoxy) is 1. The Morgan fingerprint density at radius 3 is 2.71 bits per heavy atom. The summed E-state index contributed by atoms with van der Waals surface area (Å²) < 4.78 is 5.13. The van der Waals surface area contributed by atoms with Crippen molar-refractivity contribution in [3.05, 3.63) is 42.0 Å². The van der Waals surface area contributed by atoms with Crippen LogP contribution in [-0.4, -0.2) is 47.7 Å². The van der Waals surface area contributed by atoms with Gasteiger partial charge in [-0.25, -0.2) is 0 Å². The van der Waals surface area contributed by atoms with Gasteiger partial charge in [-0.1, -0.05) is 24.3 Å². The van der Waals surface area contributed by atoms with Crippen LogP contribution in [0.4, 0.5) is 0 Å². The molecule has 0 atom stereocenters. The maximum absolute atomic E-state index is 10.7. The molecule has 0 spiro atoms. The van der Waals surface area contributed by atoms with Gasteiger partial charge in [0.1, 0.15) is 5.75 Å². The van der Waals surface area contributed by atoms with Crippen LogP contribution in [0.1, 0.15) is 5.56 Å². The van der Waals surface area contributed by atoms with E-state index < -0.39 is 5.97 Å². The van der Waals surface area contributed by atoms with E-state index in [1.165, 1.54) is 0 Å². The number of carboxylic acid groups (broad SMARTS) is 1. The summed E-state index contributed by atoms with van der Waals surface area (Å²) in [6, 6.07) is 11.3. The molecule has 0 aliphatic carbocycles. The molecule has 4 heteroatoms. The average molecular weight is 240 g/mol.